The van der Waals surface area contributed by atoms with Gasteiger partial charge in [-0.2, -0.15) is 0 Å². The summed E-state index contributed by atoms with van der Waals surface area (Å²) in [5.74, 6) is 0.899. The molecule has 0 N–H and O–H groups in total. The van der Waals surface area contributed by atoms with Gasteiger partial charge in [0.15, 0.2) is 0 Å². The summed E-state index contributed by atoms with van der Waals surface area (Å²) in [5.41, 5.74) is 1.84. The van der Waals surface area contributed by atoms with E-state index >= 15 is 0 Å². The molecule has 0 saturated carbocycles. The molecule has 3 rings (SSSR count). The summed E-state index contributed by atoms with van der Waals surface area (Å²) in [5, 5.41) is 0.990. The van der Waals surface area contributed by atoms with E-state index in [0.717, 1.165) is 28.6 Å². The number of ketones is 1. The van der Waals surface area contributed by atoms with Crippen molar-refractivity contribution in [3.63, 3.8) is 0 Å². The van der Waals surface area contributed by atoms with Crippen LogP contribution in [0, 0.1) is 0 Å². The van der Waals surface area contributed by atoms with Gasteiger partial charge in [0.05, 0.1) is 0 Å². The monoisotopic (exact) mass is 358 g/mol. The van der Waals surface area contributed by atoms with E-state index in [1.807, 2.05) is 36.4 Å². The quantitative estimate of drug-likeness (QED) is 0.768. The summed E-state index contributed by atoms with van der Waals surface area (Å²) < 4.78 is 7.49. The van der Waals surface area contributed by atoms with Gasteiger partial charge in [-0.1, -0.05) is 0 Å². The molecule has 112 valence electrons. The van der Waals surface area contributed by atoms with Crippen LogP contribution in [0.3, 0.4) is 0 Å². The Hall–Kier alpha value is -1.83. The van der Waals surface area contributed by atoms with E-state index < -0.39 is 0 Å². The van der Waals surface area contributed by atoms with Gasteiger partial charge in [-0.05, 0) is 0 Å². The molecule has 2 nitrogen and oxygen atoms in total. The summed E-state index contributed by atoms with van der Waals surface area (Å²) in [6.07, 6.45) is 0.850. The number of carbonyl (C=O) groups excluding carboxylic acids is 1. The molecule has 0 aromatic heterocycles. The van der Waals surface area contributed by atoms with Crippen molar-refractivity contribution < 1.29 is 9.53 Å². The van der Waals surface area contributed by atoms with Crippen LogP contribution in [-0.4, -0.2) is 26.8 Å². The van der Waals surface area contributed by atoms with Gasteiger partial charge >= 0.3 is 137 Å². The first kappa shape index (κ1) is 15.1. The van der Waals surface area contributed by atoms with Crippen molar-refractivity contribution >= 4 is 31.0 Å². The number of hydrogen-bond donors (Lipinski definition) is 0. The molecular formula is C19H18O2Se. The molecule has 1 heterocycles. The van der Waals surface area contributed by atoms with Crippen molar-refractivity contribution in [3.8, 4) is 0 Å². The second kappa shape index (κ2) is 6.95. The van der Waals surface area contributed by atoms with Gasteiger partial charge in [0.1, 0.15) is 0 Å². The zero-order valence-electron chi connectivity index (χ0n) is 12.5. The number of carbonyl (C=O) groups is 1. The topological polar surface area (TPSA) is 26.3 Å². The molecule has 1 aliphatic heterocycles. The van der Waals surface area contributed by atoms with Crippen molar-refractivity contribution in [2.75, 3.05) is 0 Å². The summed E-state index contributed by atoms with van der Waals surface area (Å²) in [7, 11) is 0. The Kier molecular flexibility index (Phi) is 4.77. The Bertz CT molecular complexity index is 677. The van der Waals surface area contributed by atoms with E-state index in [2.05, 4.69) is 24.3 Å². The van der Waals surface area contributed by atoms with Crippen LogP contribution in [0.15, 0.2) is 66.2 Å². The molecule has 1 unspecified atom stereocenters. The molecule has 0 spiro atoms. The maximum atomic E-state index is 11.9. The van der Waals surface area contributed by atoms with Crippen LogP contribution in [0.2, 0.25) is 5.32 Å². The van der Waals surface area contributed by atoms with Crippen molar-refractivity contribution in [2.45, 2.75) is 24.8 Å². The van der Waals surface area contributed by atoms with E-state index in [0.29, 0.717) is 15.0 Å². The first-order chi connectivity index (χ1) is 10.7. The fourth-order valence-corrected chi connectivity index (χ4v) is 4.45. The zero-order valence-corrected chi connectivity index (χ0v) is 14.2. The van der Waals surface area contributed by atoms with Crippen molar-refractivity contribution in [1.29, 1.82) is 0 Å². The van der Waals surface area contributed by atoms with Gasteiger partial charge in [-0.15, -0.1) is 0 Å². The predicted molar refractivity (Wildman–Crippen MR) is 90.2 cm³/mol. The van der Waals surface area contributed by atoms with Gasteiger partial charge in [-0.3, -0.25) is 0 Å². The minimum atomic E-state index is 0.119. The molecule has 0 aliphatic carbocycles. The zero-order chi connectivity index (χ0) is 15.4. The van der Waals surface area contributed by atoms with Gasteiger partial charge in [0.25, 0.3) is 0 Å². The molecular weight excluding hydrogens is 339 g/mol. The SMILES string of the molecule is CC(=O)C1=C(c2ccccc2)OC(C[Se]c2ccccc2)C1. The first-order valence-corrected chi connectivity index (χ1v) is 9.45. The number of benzene rings is 2. The van der Waals surface area contributed by atoms with Crippen LogP contribution in [0.5, 0.6) is 0 Å². The third-order valence-corrected chi connectivity index (χ3v) is 6.03. The Morgan fingerprint density at radius 1 is 1.09 bits per heavy atom. The van der Waals surface area contributed by atoms with Crippen LogP contribution in [0.25, 0.3) is 5.76 Å². The molecule has 1 aliphatic rings. The molecule has 0 bridgehead atoms. The van der Waals surface area contributed by atoms with Crippen molar-refractivity contribution in [1.82, 2.24) is 0 Å². The molecule has 0 radical (unpaired) electrons. The van der Waals surface area contributed by atoms with E-state index in [1.165, 1.54) is 4.46 Å². The Labute approximate surface area is 137 Å². The molecule has 22 heavy (non-hydrogen) atoms. The molecule has 1 atom stereocenters. The fourth-order valence-electron chi connectivity index (χ4n) is 2.53. The number of Topliss-reactive ketones (excluding diaryl/α,β-unsaturated/α-hetero) is 1. The van der Waals surface area contributed by atoms with Crippen LogP contribution in [-0.2, 0) is 9.53 Å². The number of ether oxygens (including phenoxy) is 1. The van der Waals surface area contributed by atoms with E-state index in [4.69, 9.17) is 4.74 Å². The van der Waals surface area contributed by atoms with Crippen LogP contribution in [0.4, 0.5) is 0 Å². The van der Waals surface area contributed by atoms with Gasteiger partial charge in [0.2, 0.25) is 0 Å². The van der Waals surface area contributed by atoms with Crippen LogP contribution >= 0.6 is 0 Å². The normalized spacial score (nSPS) is 17.4. The van der Waals surface area contributed by atoms with E-state index in [-0.39, 0.29) is 11.9 Å². The van der Waals surface area contributed by atoms with Gasteiger partial charge in [-0.25, -0.2) is 0 Å². The standard InChI is InChI=1S/C19H18O2Se/c1-14(20)18-12-16(13-22-17-10-6-3-7-11-17)21-19(18)15-8-4-2-5-9-15/h2-11,16H,12-13H2,1H3. The number of rotatable bonds is 5. The Morgan fingerprint density at radius 3 is 2.36 bits per heavy atom. The minimum absolute atomic E-state index is 0.119. The predicted octanol–water partition coefficient (Wildman–Crippen LogP) is 3.22. The third-order valence-electron chi connectivity index (χ3n) is 3.63. The molecule has 3 heteroatoms. The average Bonchev–Trinajstić information content (AvgIpc) is 2.99. The van der Waals surface area contributed by atoms with E-state index in [9.17, 15) is 4.79 Å². The Morgan fingerprint density at radius 2 is 1.73 bits per heavy atom. The molecule has 0 saturated heterocycles. The van der Waals surface area contributed by atoms with Crippen molar-refractivity contribution in [3.05, 3.63) is 71.8 Å². The first-order valence-electron chi connectivity index (χ1n) is 7.38. The summed E-state index contributed by atoms with van der Waals surface area (Å²) in [6, 6.07) is 20.4. The van der Waals surface area contributed by atoms with Crippen molar-refractivity contribution in [2.24, 2.45) is 0 Å². The summed E-state index contributed by atoms with van der Waals surface area (Å²) >= 11 is 0.375. The van der Waals surface area contributed by atoms with Gasteiger partial charge < -0.3 is 0 Å². The average molecular weight is 357 g/mol. The molecule has 2 aromatic carbocycles. The Balaban J connectivity index is 1.71. The summed E-state index contributed by atoms with van der Waals surface area (Å²) in [4.78, 5) is 11.9. The van der Waals surface area contributed by atoms with Gasteiger partial charge in [0, 0.05) is 0 Å². The van der Waals surface area contributed by atoms with Crippen LogP contribution < -0.4 is 4.46 Å². The third kappa shape index (κ3) is 3.49. The second-order valence-corrected chi connectivity index (χ2v) is 7.59. The maximum absolute atomic E-state index is 11.9. The molecule has 0 amide bonds. The molecule has 2 aromatic rings. The van der Waals surface area contributed by atoms with E-state index in [1.54, 1.807) is 6.92 Å². The van der Waals surface area contributed by atoms with Crippen LogP contribution in [0.1, 0.15) is 18.9 Å². The second-order valence-electron chi connectivity index (χ2n) is 5.30. The number of hydrogen-bond acceptors (Lipinski definition) is 2. The fraction of sp³-hybridized carbons (Fsp3) is 0.211. The molecule has 0 fully saturated rings. The summed E-state index contributed by atoms with van der Waals surface area (Å²) in [6.45, 7) is 1.63.